The molecule has 0 atom stereocenters. The summed E-state index contributed by atoms with van der Waals surface area (Å²) in [5.41, 5.74) is 0.560. The normalized spacial score (nSPS) is 7.60. The molecule has 29 valence electrons. The number of hydrogen-bond acceptors (Lipinski definition) is 1. The Morgan fingerprint density at radius 2 is 2.20 bits per heavy atom. The van der Waals surface area contributed by atoms with Crippen LogP contribution in [0.25, 0.3) is 0 Å². The molecule has 1 radical (unpaired) electrons. The zero-order chi connectivity index (χ0) is 4.28. The van der Waals surface area contributed by atoms with E-state index in [1.807, 2.05) is 0 Å². The Hall–Kier alpha value is -0.300. The van der Waals surface area contributed by atoms with Crippen molar-refractivity contribution in [1.29, 1.82) is 0 Å². The lowest BCUT2D eigenvalue weighted by Crippen LogP contribution is -1.77. The Bertz CT molecular complexity index is 38.9. The molecule has 0 rings (SSSR count). The molecule has 0 amide bonds. The van der Waals surface area contributed by atoms with Crippen molar-refractivity contribution in [1.82, 2.24) is 0 Å². The molecule has 0 saturated heterocycles. The van der Waals surface area contributed by atoms with Crippen molar-refractivity contribution in [2.24, 2.45) is 0 Å². The first kappa shape index (κ1) is 4.70. The van der Waals surface area contributed by atoms with Crippen molar-refractivity contribution in [3.63, 3.8) is 0 Å². The predicted octanol–water partition coefficient (Wildman–Crippen LogP) is 0.358. The van der Waals surface area contributed by atoms with Crippen LogP contribution in [0.1, 0.15) is 6.92 Å². The Kier molecular flexibility index (Phi) is 1.85. The Labute approximate surface area is 31.9 Å². The van der Waals surface area contributed by atoms with Crippen molar-refractivity contribution >= 4 is 0 Å². The number of rotatable bonds is 1. The summed E-state index contributed by atoms with van der Waals surface area (Å²) in [5.74, 6) is 0. The van der Waals surface area contributed by atoms with E-state index in [1.54, 1.807) is 6.92 Å². The molecule has 0 unspecified atom stereocenters. The molecule has 0 aliphatic carbocycles. The van der Waals surface area contributed by atoms with E-state index in [0.29, 0.717) is 5.57 Å². The van der Waals surface area contributed by atoms with Crippen LogP contribution >= 0.6 is 0 Å². The second-order valence-electron chi connectivity index (χ2n) is 1.00. The van der Waals surface area contributed by atoms with Gasteiger partial charge in [-0.15, -0.1) is 0 Å². The molecule has 0 aromatic rings. The van der Waals surface area contributed by atoms with E-state index in [1.165, 1.54) is 0 Å². The van der Waals surface area contributed by atoms with Crippen LogP contribution < -0.4 is 0 Å². The Morgan fingerprint density at radius 3 is 2.20 bits per heavy atom. The third kappa shape index (κ3) is 3.70. The summed E-state index contributed by atoms with van der Waals surface area (Å²) in [7, 11) is 0. The van der Waals surface area contributed by atoms with Gasteiger partial charge in [-0.1, -0.05) is 6.58 Å². The summed E-state index contributed by atoms with van der Waals surface area (Å²) in [6.07, 6.45) is 0. The van der Waals surface area contributed by atoms with Crippen LogP contribution in [0.5, 0.6) is 0 Å². The van der Waals surface area contributed by atoms with Gasteiger partial charge in [-0.3, -0.25) is 0 Å². The second kappa shape index (κ2) is 1.97. The van der Waals surface area contributed by atoms with Gasteiger partial charge < -0.3 is 5.11 Å². The highest BCUT2D eigenvalue weighted by molar-refractivity contribution is 4.82. The molecule has 1 nitrogen and oxygen atoms in total. The SMILES string of the molecule is [CH]=C(C)CO. The monoisotopic (exact) mass is 71.0 g/mol. The van der Waals surface area contributed by atoms with Gasteiger partial charge in [0, 0.05) is 0 Å². The average Bonchev–Trinajstić information content (AvgIpc) is 1.38. The summed E-state index contributed by atoms with van der Waals surface area (Å²) >= 11 is 0. The molecule has 0 bridgehead atoms. The van der Waals surface area contributed by atoms with Crippen LogP contribution in [0, 0.1) is 6.58 Å². The zero-order valence-electron chi connectivity index (χ0n) is 3.23. The molecule has 0 saturated carbocycles. The lowest BCUT2D eigenvalue weighted by Gasteiger charge is -1.79. The summed E-state index contributed by atoms with van der Waals surface area (Å²) in [6, 6.07) is 0. The molecular formula is C4H7O. The highest BCUT2D eigenvalue weighted by Gasteiger charge is 1.69. The van der Waals surface area contributed by atoms with Gasteiger partial charge in [0.25, 0.3) is 0 Å². The van der Waals surface area contributed by atoms with E-state index in [0.717, 1.165) is 0 Å². The van der Waals surface area contributed by atoms with Gasteiger partial charge in [-0.25, -0.2) is 0 Å². The Balaban J connectivity index is 2.85. The number of hydrogen-bond donors (Lipinski definition) is 1. The fraction of sp³-hybridized carbons (Fsp3) is 0.500. The first-order valence-electron chi connectivity index (χ1n) is 1.46. The smallest absolute Gasteiger partial charge is 0.0642 e. The van der Waals surface area contributed by atoms with E-state index in [4.69, 9.17) is 11.7 Å². The molecule has 5 heavy (non-hydrogen) atoms. The summed E-state index contributed by atoms with van der Waals surface area (Å²) in [4.78, 5) is 0. The first-order chi connectivity index (χ1) is 2.27. The lowest BCUT2D eigenvalue weighted by atomic mass is 10.4. The minimum atomic E-state index is 0. The molecule has 0 spiro atoms. The van der Waals surface area contributed by atoms with Crippen LogP contribution in [0.2, 0.25) is 0 Å². The van der Waals surface area contributed by atoms with E-state index >= 15 is 0 Å². The summed E-state index contributed by atoms with van der Waals surface area (Å²) in [5, 5.41) is 7.98. The quantitative estimate of drug-likeness (QED) is 0.473. The van der Waals surface area contributed by atoms with Crippen molar-refractivity contribution in [2.45, 2.75) is 6.92 Å². The van der Waals surface area contributed by atoms with Crippen molar-refractivity contribution in [3.05, 3.63) is 12.2 Å². The lowest BCUT2D eigenvalue weighted by molar-refractivity contribution is 0.331. The van der Waals surface area contributed by atoms with Gasteiger partial charge in [0.1, 0.15) is 0 Å². The maximum Gasteiger partial charge on any atom is 0.0642 e. The second-order valence-corrected chi connectivity index (χ2v) is 1.00. The van der Waals surface area contributed by atoms with Crippen molar-refractivity contribution in [2.75, 3.05) is 6.61 Å². The van der Waals surface area contributed by atoms with Crippen LogP contribution in [-0.4, -0.2) is 11.7 Å². The standard InChI is InChI=1S/C4H7O/c1-4(2)3-5/h1,5H,3H2,2H3. The molecule has 0 aromatic heterocycles. The van der Waals surface area contributed by atoms with Gasteiger partial charge >= 0.3 is 0 Å². The molecule has 0 aromatic carbocycles. The van der Waals surface area contributed by atoms with Gasteiger partial charge in [0.15, 0.2) is 0 Å². The maximum atomic E-state index is 7.98. The number of aliphatic hydroxyl groups excluding tert-OH is 1. The van der Waals surface area contributed by atoms with Gasteiger partial charge in [0.2, 0.25) is 0 Å². The molecule has 0 fully saturated rings. The van der Waals surface area contributed by atoms with E-state index in [2.05, 4.69) is 0 Å². The van der Waals surface area contributed by atoms with Crippen LogP contribution in [0.3, 0.4) is 0 Å². The number of aliphatic hydroxyl groups is 1. The average molecular weight is 71.1 g/mol. The van der Waals surface area contributed by atoms with Crippen molar-refractivity contribution < 1.29 is 5.11 Å². The fourth-order valence-electron chi connectivity index (χ4n) is 0. The molecule has 0 heterocycles. The fourth-order valence-corrected chi connectivity index (χ4v) is 0. The molecule has 1 heteroatoms. The molecule has 0 aliphatic heterocycles. The summed E-state index contributed by atoms with van der Waals surface area (Å²) in [6.45, 7) is 6.62. The van der Waals surface area contributed by atoms with E-state index < -0.39 is 0 Å². The summed E-state index contributed by atoms with van der Waals surface area (Å²) < 4.78 is 0. The molecule has 1 N–H and O–H groups in total. The van der Waals surface area contributed by atoms with Crippen molar-refractivity contribution in [3.8, 4) is 0 Å². The highest BCUT2D eigenvalue weighted by Crippen LogP contribution is 1.76. The third-order valence-corrected chi connectivity index (χ3v) is 0.249. The van der Waals surface area contributed by atoms with Crippen LogP contribution in [-0.2, 0) is 0 Å². The van der Waals surface area contributed by atoms with Gasteiger partial charge in [-0.05, 0) is 12.5 Å². The predicted molar refractivity (Wildman–Crippen MR) is 20.6 cm³/mol. The highest BCUT2D eigenvalue weighted by atomic mass is 16.3. The minimum absolute atomic E-state index is 0. The topological polar surface area (TPSA) is 20.2 Å². The largest absolute Gasteiger partial charge is 0.392 e. The molecular weight excluding hydrogens is 64.0 g/mol. The third-order valence-electron chi connectivity index (χ3n) is 0.249. The van der Waals surface area contributed by atoms with Crippen LogP contribution in [0.15, 0.2) is 5.57 Å². The first-order valence-corrected chi connectivity index (χ1v) is 1.46. The van der Waals surface area contributed by atoms with Gasteiger partial charge in [-0.2, -0.15) is 0 Å². The molecule has 0 aliphatic rings. The maximum absolute atomic E-state index is 7.98. The minimum Gasteiger partial charge on any atom is -0.392 e. The van der Waals surface area contributed by atoms with Crippen LogP contribution in [0.4, 0.5) is 0 Å². The van der Waals surface area contributed by atoms with E-state index in [-0.39, 0.29) is 6.61 Å². The van der Waals surface area contributed by atoms with Gasteiger partial charge in [0.05, 0.1) is 6.61 Å². The zero-order valence-corrected chi connectivity index (χ0v) is 3.23. The van der Waals surface area contributed by atoms with E-state index in [9.17, 15) is 0 Å². The Morgan fingerprint density at radius 1 is 2.00 bits per heavy atom.